The highest BCUT2D eigenvalue weighted by Crippen LogP contribution is 2.44. The maximum Gasteiger partial charge on any atom is 0.298 e. The van der Waals surface area contributed by atoms with Crippen LogP contribution in [0.1, 0.15) is 49.8 Å². The fourth-order valence-corrected chi connectivity index (χ4v) is 7.61. The van der Waals surface area contributed by atoms with Crippen LogP contribution in [0.5, 0.6) is 0 Å². The number of aromatic amines is 1. The summed E-state index contributed by atoms with van der Waals surface area (Å²) in [5.74, 6) is 5.00. The van der Waals surface area contributed by atoms with Crippen molar-refractivity contribution >= 4 is 56.2 Å². The normalized spacial score (nSPS) is 17.9. The molecule has 14 heteroatoms. The molecule has 0 spiro atoms. The lowest BCUT2D eigenvalue weighted by Gasteiger charge is -2.43. The number of rotatable bonds is 7. The van der Waals surface area contributed by atoms with E-state index in [9.17, 15) is 15.3 Å². The van der Waals surface area contributed by atoms with Gasteiger partial charge in [-0.3, -0.25) is 9.89 Å². The summed E-state index contributed by atoms with van der Waals surface area (Å²) in [4.78, 5) is 23.7. The predicted octanol–water partition coefficient (Wildman–Crippen LogP) is 5.30. The van der Waals surface area contributed by atoms with Gasteiger partial charge in [-0.05, 0) is 76.4 Å². The number of fused-ring (bicyclic) bond motifs is 4. The molecule has 2 aliphatic rings. The second-order valence-electron chi connectivity index (χ2n) is 13.2. The molecule has 2 aromatic carbocycles. The number of nitriles is 2. The minimum atomic E-state index is -0.523. The van der Waals surface area contributed by atoms with Gasteiger partial charge in [-0.2, -0.15) is 15.6 Å². The van der Waals surface area contributed by atoms with Gasteiger partial charge in [0.1, 0.15) is 11.0 Å². The third-order valence-corrected chi connectivity index (χ3v) is 10.5. The van der Waals surface area contributed by atoms with Crippen molar-refractivity contribution in [3.05, 3.63) is 40.3 Å². The van der Waals surface area contributed by atoms with Gasteiger partial charge in [-0.15, -0.1) is 5.10 Å². The highest BCUT2D eigenvalue weighted by atomic mass is 35.5. The number of carbonyl (C=O) groups is 1. The molecule has 1 N–H and O–H groups in total. The number of nitrogens with zero attached hydrogens (tertiary/aromatic N) is 10. The SMILES string of the molecule is CC#CC(=O)N1CC[C@H](n2nnc3c(N4CC(N(C)C)C4)nc4c(F)c(-c5c(C)c(Cl)cc6[nH]ncc56)c(CCC#N)cc4c32)C[C@H]1CC#N. The van der Waals surface area contributed by atoms with Crippen LogP contribution in [0.4, 0.5) is 10.2 Å². The smallest absolute Gasteiger partial charge is 0.298 e. The first-order valence-corrected chi connectivity index (χ1v) is 17.0. The zero-order valence-corrected chi connectivity index (χ0v) is 29.0. The van der Waals surface area contributed by atoms with Crippen molar-refractivity contribution in [2.75, 3.05) is 38.6 Å². The molecule has 2 atom stereocenters. The Hall–Kier alpha value is -5.29. The molecule has 12 nitrogen and oxygen atoms in total. The number of anilines is 1. The van der Waals surface area contributed by atoms with Gasteiger partial charge in [0.2, 0.25) is 0 Å². The van der Waals surface area contributed by atoms with Crippen LogP contribution in [0.2, 0.25) is 5.02 Å². The summed E-state index contributed by atoms with van der Waals surface area (Å²) in [5, 5.41) is 37.5. The van der Waals surface area contributed by atoms with Crippen molar-refractivity contribution in [2.24, 2.45) is 0 Å². The molecule has 50 heavy (non-hydrogen) atoms. The largest absolute Gasteiger partial charge is 0.351 e. The summed E-state index contributed by atoms with van der Waals surface area (Å²) < 4.78 is 19.4. The summed E-state index contributed by atoms with van der Waals surface area (Å²) in [5.41, 5.74) is 4.28. The molecule has 3 aromatic heterocycles. The van der Waals surface area contributed by atoms with Crippen molar-refractivity contribution in [3.8, 4) is 35.1 Å². The molecule has 5 heterocycles. The van der Waals surface area contributed by atoms with Gasteiger partial charge < -0.3 is 14.7 Å². The lowest BCUT2D eigenvalue weighted by Crippen LogP contribution is -2.57. The van der Waals surface area contributed by atoms with Gasteiger partial charge in [0, 0.05) is 65.1 Å². The second-order valence-corrected chi connectivity index (χ2v) is 13.6. The number of piperidine rings is 1. The summed E-state index contributed by atoms with van der Waals surface area (Å²) >= 11 is 6.69. The van der Waals surface area contributed by atoms with Gasteiger partial charge in [0.15, 0.2) is 17.2 Å². The first kappa shape index (κ1) is 33.2. The third kappa shape index (κ3) is 5.45. The number of amides is 1. The Labute approximate surface area is 293 Å². The molecule has 7 rings (SSSR count). The van der Waals surface area contributed by atoms with Crippen molar-refractivity contribution in [1.82, 2.24) is 40.0 Å². The van der Waals surface area contributed by atoms with Crippen LogP contribution in [0.15, 0.2) is 18.3 Å². The molecule has 2 fully saturated rings. The molecule has 1 amide bonds. The number of H-pyrrole nitrogens is 1. The number of likely N-dealkylation sites (tertiary alicyclic amines) is 1. The van der Waals surface area contributed by atoms with Crippen LogP contribution in [0, 0.1) is 47.2 Å². The van der Waals surface area contributed by atoms with Crippen LogP contribution in [-0.4, -0.2) is 91.7 Å². The summed E-state index contributed by atoms with van der Waals surface area (Å²) in [6.45, 7) is 5.23. The van der Waals surface area contributed by atoms with Crippen molar-refractivity contribution < 1.29 is 9.18 Å². The molecule has 5 aromatic rings. The Bertz CT molecular complexity index is 2320. The number of hydrogen-bond donors (Lipinski definition) is 1. The number of benzene rings is 2. The molecule has 0 radical (unpaired) electrons. The maximum atomic E-state index is 17.6. The number of halogens is 2. The van der Waals surface area contributed by atoms with E-state index in [1.807, 2.05) is 31.8 Å². The fraction of sp³-hybridized carbons (Fsp3) is 0.417. The Balaban J connectivity index is 1.47. The Morgan fingerprint density at radius 1 is 1.16 bits per heavy atom. The second kappa shape index (κ2) is 13.2. The van der Waals surface area contributed by atoms with Gasteiger partial charge >= 0.3 is 0 Å². The van der Waals surface area contributed by atoms with E-state index in [-0.39, 0.29) is 42.8 Å². The molecule has 0 aliphatic carbocycles. The lowest BCUT2D eigenvalue weighted by atomic mass is 9.89. The van der Waals surface area contributed by atoms with E-state index in [4.69, 9.17) is 16.6 Å². The van der Waals surface area contributed by atoms with Crippen LogP contribution in [-0.2, 0) is 11.2 Å². The first-order valence-electron chi connectivity index (χ1n) is 16.6. The molecule has 254 valence electrons. The number of nitrogens with one attached hydrogen (secondary N) is 1. The van der Waals surface area contributed by atoms with E-state index < -0.39 is 5.82 Å². The van der Waals surface area contributed by atoms with Gasteiger partial charge in [-0.25, -0.2) is 14.1 Å². The van der Waals surface area contributed by atoms with Gasteiger partial charge in [-0.1, -0.05) is 22.7 Å². The van der Waals surface area contributed by atoms with Gasteiger partial charge in [0.25, 0.3) is 5.91 Å². The number of likely N-dealkylation sites (N-methyl/N-ethyl adjacent to an activating group) is 1. The summed E-state index contributed by atoms with van der Waals surface area (Å²) in [6, 6.07) is 7.84. The Kier molecular flexibility index (Phi) is 8.77. The molecular weight excluding hydrogens is 657 g/mol. The Morgan fingerprint density at radius 3 is 2.68 bits per heavy atom. The standard InChI is InChI=1S/C36H35ClFN11O/c1-5-7-29(50)48-13-10-23(15-22(48)9-12-40)49-35-25-14-21(8-6-11-39)31(30-20(2)27(37)16-28-26(30)17-41-43-28)32(38)33(25)42-36(34(35)44-45-49)47-18-24(19-47)46(3)4/h14,16-17,22-24H,6,8-10,13,15,18-19H2,1-4H3,(H,41,43)/t22-,23+/m1/s1. The first-order chi connectivity index (χ1) is 24.2. The van der Waals surface area contributed by atoms with E-state index >= 15 is 4.39 Å². The molecule has 2 saturated heterocycles. The molecular formula is C36H35ClFN11O. The number of aromatic nitrogens is 6. The zero-order valence-electron chi connectivity index (χ0n) is 28.3. The van der Waals surface area contributed by atoms with Crippen LogP contribution in [0.25, 0.3) is 44.0 Å². The van der Waals surface area contributed by atoms with Crippen LogP contribution < -0.4 is 4.90 Å². The molecule has 0 bridgehead atoms. The monoisotopic (exact) mass is 691 g/mol. The van der Waals surface area contributed by atoms with E-state index in [2.05, 4.69) is 54.3 Å². The molecule has 0 saturated carbocycles. The zero-order chi connectivity index (χ0) is 35.3. The van der Waals surface area contributed by atoms with E-state index in [1.54, 1.807) is 24.1 Å². The highest BCUT2D eigenvalue weighted by Gasteiger charge is 2.37. The minimum Gasteiger partial charge on any atom is -0.351 e. The number of pyridine rings is 1. The lowest BCUT2D eigenvalue weighted by molar-refractivity contribution is -0.129. The summed E-state index contributed by atoms with van der Waals surface area (Å²) in [6.07, 6.45) is 3.26. The van der Waals surface area contributed by atoms with E-state index in [0.29, 0.717) is 98.9 Å². The van der Waals surface area contributed by atoms with Crippen LogP contribution in [0.3, 0.4) is 0 Å². The fourth-order valence-electron chi connectivity index (χ4n) is 7.41. The van der Waals surface area contributed by atoms with Crippen molar-refractivity contribution in [1.29, 1.82) is 10.5 Å². The van der Waals surface area contributed by atoms with Crippen LogP contribution >= 0.6 is 11.6 Å². The van der Waals surface area contributed by atoms with E-state index in [0.717, 1.165) is 0 Å². The minimum absolute atomic E-state index is 0.144. The topological polar surface area (TPSA) is 147 Å². The summed E-state index contributed by atoms with van der Waals surface area (Å²) in [7, 11) is 4.06. The van der Waals surface area contributed by atoms with Crippen molar-refractivity contribution in [3.63, 3.8) is 0 Å². The highest BCUT2D eigenvalue weighted by molar-refractivity contribution is 6.33. The third-order valence-electron chi connectivity index (χ3n) is 10.1. The van der Waals surface area contributed by atoms with E-state index in [1.165, 1.54) is 0 Å². The van der Waals surface area contributed by atoms with Gasteiger partial charge in [0.05, 0.1) is 36.3 Å². The maximum absolute atomic E-state index is 17.6. The molecule has 2 aliphatic heterocycles. The average molecular weight is 692 g/mol. The predicted molar refractivity (Wildman–Crippen MR) is 189 cm³/mol. The molecule has 0 unspecified atom stereocenters. The average Bonchev–Trinajstić information content (AvgIpc) is 3.73. The Morgan fingerprint density at radius 2 is 1.96 bits per heavy atom. The number of hydrogen-bond acceptors (Lipinski definition) is 9. The quantitative estimate of drug-likeness (QED) is 0.225. The number of aryl methyl sites for hydroxylation is 1. The van der Waals surface area contributed by atoms with Crippen molar-refractivity contribution in [2.45, 2.75) is 64.1 Å². The number of carbonyl (C=O) groups excluding carboxylic acids is 1.